The van der Waals surface area contributed by atoms with E-state index in [-0.39, 0.29) is 21.9 Å². The summed E-state index contributed by atoms with van der Waals surface area (Å²) in [5.41, 5.74) is 0.533. The molecule has 0 aromatic heterocycles. The van der Waals surface area contributed by atoms with Gasteiger partial charge in [0.1, 0.15) is 5.75 Å². The molecular weight excluding hydrogens is 420 g/mol. The molecule has 0 radical (unpaired) electrons. The molecule has 0 unspecified atom stereocenters. The molecular formula is C22H18N2O6S. The molecule has 0 N–H and O–H groups in total. The van der Waals surface area contributed by atoms with Gasteiger partial charge in [0, 0.05) is 19.2 Å². The molecule has 0 saturated carbocycles. The van der Waals surface area contributed by atoms with Gasteiger partial charge in [0.05, 0.1) is 21.1 Å². The minimum Gasteiger partial charge on any atom is -0.423 e. The van der Waals surface area contributed by atoms with E-state index in [2.05, 4.69) is 0 Å². The van der Waals surface area contributed by atoms with Crippen LogP contribution in [0.5, 0.6) is 5.75 Å². The number of benzene rings is 3. The molecule has 9 heteroatoms. The zero-order valence-corrected chi connectivity index (χ0v) is 17.2. The quantitative estimate of drug-likeness (QED) is 0.181. The van der Waals surface area contributed by atoms with E-state index in [0.29, 0.717) is 5.69 Å². The number of rotatable bonds is 7. The van der Waals surface area contributed by atoms with E-state index < -0.39 is 20.9 Å². The number of carbonyl (C=O) groups is 1. The Bertz CT molecular complexity index is 1220. The van der Waals surface area contributed by atoms with Gasteiger partial charge in [-0.1, -0.05) is 30.3 Å². The molecule has 31 heavy (non-hydrogen) atoms. The monoisotopic (exact) mass is 438 g/mol. The second-order valence-corrected chi connectivity index (χ2v) is 8.32. The second-order valence-electron chi connectivity index (χ2n) is 6.35. The lowest BCUT2D eigenvalue weighted by Gasteiger charge is -2.19. The maximum Gasteiger partial charge on any atom is 0.336 e. The number of ether oxygens (including phenoxy) is 1. The van der Waals surface area contributed by atoms with Gasteiger partial charge in [-0.05, 0) is 48.5 Å². The third kappa shape index (κ3) is 5.14. The lowest BCUT2D eigenvalue weighted by Crippen LogP contribution is -2.26. The molecule has 3 rings (SSSR count). The molecule has 0 fully saturated rings. The summed E-state index contributed by atoms with van der Waals surface area (Å²) in [6.07, 6.45) is 2.39. The zero-order valence-electron chi connectivity index (χ0n) is 16.4. The highest BCUT2D eigenvalue weighted by molar-refractivity contribution is 7.92. The third-order valence-corrected chi connectivity index (χ3v) is 6.15. The lowest BCUT2D eigenvalue weighted by atomic mass is 10.1. The molecule has 0 heterocycles. The van der Waals surface area contributed by atoms with Crippen molar-refractivity contribution in [1.29, 1.82) is 0 Å². The van der Waals surface area contributed by atoms with Crippen LogP contribution in [-0.4, -0.2) is 26.4 Å². The van der Waals surface area contributed by atoms with Crippen molar-refractivity contribution >= 4 is 33.4 Å². The number of esters is 1. The molecule has 0 aliphatic heterocycles. The van der Waals surface area contributed by atoms with Crippen LogP contribution in [0, 0.1) is 10.1 Å². The largest absolute Gasteiger partial charge is 0.423 e. The first-order chi connectivity index (χ1) is 14.8. The van der Waals surface area contributed by atoms with Crippen LogP contribution >= 0.6 is 0 Å². The van der Waals surface area contributed by atoms with Crippen molar-refractivity contribution in [2.24, 2.45) is 0 Å². The van der Waals surface area contributed by atoms with Crippen LogP contribution in [-0.2, 0) is 14.8 Å². The molecule has 8 nitrogen and oxygen atoms in total. The van der Waals surface area contributed by atoms with Gasteiger partial charge in [0.15, 0.2) is 0 Å². The Morgan fingerprint density at radius 1 is 0.968 bits per heavy atom. The maximum atomic E-state index is 12.7. The summed E-state index contributed by atoms with van der Waals surface area (Å²) in [6.45, 7) is 0. The normalized spacial score (nSPS) is 11.3. The summed E-state index contributed by atoms with van der Waals surface area (Å²) in [7, 11) is -2.29. The molecule has 158 valence electrons. The van der Waals surface area contributed by atoms with Crippen molar-refractivity contribution in [3.63, 3.8) is 0 Å². The van der Waals surface area contributed by atoms with Gasteiger partial charge in [-0.3, -0.25) is 14.4 Å². The molecule has 3 aromatic rings. The van der Waals surface area contributed by atoms with Gasteiger partial charge in [0.2, 0.25) is 0 Å². The maximum absolute atomic E-state index is 12.7. The number of carbonyl (C=O) groups excluding carboxylic acids is 1. The Hall–Kier alpha value is -3.98. The van der Waals surface area contributed by atoms with Crippen LogP contribution in [0.2, 0.25) is 0 Å². The molecule has 0 amide bonds. The molecule has 0 saturated heterocycles. The number of para-hydroxylation sites is 1. The lowest BCUT2D eigenvalue weighted by molar-refractivity contribution is -0.385. The standard InChI is InChI=1S/C22H18N2O6S/c1-23(31(28,29)20-8-3-2-4-9-20)18-12-14-19(15-13-18)30-22(25)16-11-17-7-5-6-10-21(17)24(26)27/h2-16H,1H3/b16-11+. The Kier molecular flexibility index (Phi) is 6.46. The predicted octanol–water partition coefficient (Wildman–Crippen LogP) is 4.04. The van der Waals surface area contributed by atoms with Crippen molar-refractivity contribution in [1.82, 2.24) is 0 Å². The average molecular weight is 438 g/mol. The van der Waals surface area contributed by atoms with E-state index in [1.165, 1.54) is 67.7 Å². The summed E-state index contributed by atoms with van der Waals surface area (Å²) in [4.78, 5) is 22.7. The SMILES string of the molecule is CN(c1ccc(OC(=O)/C=C/c2ccccc2[N+](=O)[O-])cc1)S(=O)(=O)c1ccccc1. The Labute approximate surface area is 179 Å². The fourth-order valence-electron chi connectivity index (χ4n) is 2.72. The number of nitro benzene ring substituents is 1. The first-order valence-electron chi connectivity index (χ1n) is 9.06. The number of anilines is 1. The average Bonchev–Trinajstić information content (AvgIpc) is 2.78. The van der Waals surface area contributed by atoms with Gasteiger partial charge < -0.3 is 4.74 Å². The molecule has 0 bridgehead atoms. The molecule has 0 atom stereocenters. The number of sulfonamides is 1. The number of nitro groups is 1. The van der Waals surface area contributed by atoms with Gasteiger partial charge in [-0.15, -0.1) is 0 Å². The van der Waals surface area contributed by atoms with Crippen LogP contribution in [0.15, 0.2) is 89.8 Å². The van der Waals surface area contributed by atoms with Crippen LogP contribution in [0.1, 0.15) is 5.56 Å². The minimum absolute atomic E-state index is 0.126. The van der Waals surface area contributed by atoms with E-state index in [1.807, 2.05) is 0 Å². The highest BCUT2D eigenvalue weighted by Gasteiger charge is 2.20. The fraction of sp³-hybridized carbons (Fsp3) is 0.0455. The molecule has 0 spiro atoms. The highest BCUT2D eigenvalue weighted by atomic mass is 32.2. The van der Waals surface area contributed by atoms with E-state index in [1.54, 1.807) is 24.3 Å². The van der Waals surface area contributed by atoms with Gasteiger partial charge >= 0.3 is 5.97 Å². The van der Waals surface area contributed by atoms with Gasteiger partial charge in [-0.2, -0.15) is 0 Å². The Balaban J connectivity index is 1.70. The third-order valence-electron chi connectivity index (χ3n) is 4.35. The number of hydrogen-bond acceptors (Lipinski definition) is 6. The van der Waals surface area contributed by atoms with Crippen LogP contribution in [0.3, 0.4) is 0 Å². The first kappa shape index (κ1) is 21.7. The van der Waals surface area contributed by atoms with Crippen molar-refractivity contribution in [2.45, 2.75) is 4.90 Å². The summed E-state index contributed by atoms with van der Waals surface area (Å²) in [5.74, 6) is -0.525. The second kappa shape index (κ2) is 9.23. The highest BCUT2D eigenvalue weighted by Crippen LogP contribution is 2.24. The van der Waals surface area contributed by atoms with Crippen LogP contribution in [0.4, 0.5) is 11.4 Å². The minimum atomic E-state index is -3.72. The smallest absolute Gasteiger partial charge is 0.336 e. The van der Waals surface area contributed by atoms with E-state index >= 15 is 0 Å². The molecule has 3 aromatic carbocycles. The Morgan fingerprint density at radius 2 is 1.58 bits per heavy atom. The van der Waals surface area contributed by atoms with Crippen LogP contribution < -0.4 is 9.04 Å². The molecule has 0 aliphatic rings. The number of hydrogen-bond donors (Lipinski definition) is 0. The Morgan fingerprint density at radius 3 is 2.23 bits per heavy atom. The topological polar surface area (TPSA) is 107 Å². The summed E-state index contributed by atoms with van der Waals surface area (Å²) in [6, 6.07) is 20.0. The summed E-state index contributed by atoms with van der Waals surface area (Å²) >= 11 is 0. The fourth-order valence-corrected chi connectivity index (χ4v) is 3.93. The zero-order chi connectivity index (χ0) is 22.4. The first-order valence-corrected chi connectivity index (χ1v) is 10.5. The predicted molar refractivity (Wildman–Crippen MR) is 116 cm³/mol. The van der Waals surface area contributed by atoms with E-state index in [4.69, 9.17) is 4.74 Å². The van der Waals surface area contributed by atoms with Crippen molar-refractivity contribution < 1.29 is 22.9 Å². The number of nitrogens with zero attached hydrogens (tertiary/aromatic N) is 2. The van der Waals surface area contributed by atoms with Gasteiger partial charge in [-0.25, -0.2) is 13.2 Å². The summed E-state index contributed by atoms with van der Waals surface area (Å²) < 4.78 is 31.7. The van der Waals surface area contributed by atoms with Crippen molar-refractivity contribution in [2.75, 3.05) is 11.4 Å². The molecule has 0 aliphatic carbocycles. The van der Waals surface area contributed by atoms with Gasteiger partial charge in [0.25, 0.3) is 15.7 Å². The van der Waals surface area contributed by atoms with Crippen molar-refractivity contribution in [3.05, 3.63) is 101 Å². The summed E-state index contributed by atoms with van der Waals surface area (Å²) in [5, 5.41) is 11.0. The van der Waals surface area contributed by atoms with Crippen LogP contribution in [0.25, 0.3) is 6.08 Å². The van der Waals surface area contributed by atoms with Crippen molar-refractivity contribution in [3.8, 4) is 5.75 Å². The van der Waals surface area contributed by atoms with E-state index in [0.717, 1.165) is 10.4 Å². The van der Waals surface area contributed by atoms with E-state index in [9.17, 15) is 23.3 Å².